The fraction of sp³-hybridized carbons (Fsp3) is 0.250. The Morgan fingerprint density at radius 3 is 2.12 bits per heavy atom. The zero-order valence-corrected chi connectivity index (χ0v) is 15.8. The molecule has 2 aromatic carbocycles. The number of anilines is 1. The Bertz CT molecular complexity index is 795. The second-order valence-corrected chi connectivity index (χ2v) is 6.69. The van der Waals surface area contributed by atoms with Gasteiger partial charge < -0.3 is 5.32 Å². The van der Waals surface area contributed by atoms with Gasteiger partial charge in [0.1, 0.15) is 0 Å². The highest BCUT2D eigenvalue weighted by molar-refractivity contribution is 5.86. The molecule has 0 aromatic heterocycles. The Morgan fingerprint density at radius 1 is 0.880 bits per heavy atom. The van der Waals surface area contributed by atoms with Crippen LogP contribution in [0.5, 0.6) is 0 Å². The Kier molecular flexibility index (Phi) is 6.41. The van der Waals surface area contributed by atoms with E-state index in [1.165, 1.54) is 18.4 Å². The van der Waals surface area contributed by atoms with Crippen LogP contribution >= 0.6 is 0 Å². The van der Waals surface area contributed by atoms with Crippen molar-refractivity contribution in [2.45, 2.75) is 40.0 Å². The van der Waals surface area contributed by atoms with Gasteiger partial charge in [0.05, 0.1) is 0 Å². The predicted molar refractivity (Wildman–Crippen MR) is 114 cm³/mol. The van der Waals surface area contributed by atoms with Gasteiger partial charge in [-0.3, -0.25) is 0 Å². The van der Waals surface area contributed by atoms with Gasteiger partial charge in [-0.25, -0.2) is 0 Å². The summed E-state index contributed by atoms with van der Waals surface area (Å²) in [5.41, 5.74) is 8.74. The molecule has 1 N–H and O–H groups in total. The maximum absolute atomic E-state index is 4.25. The van der Waals surface area contributed by atoms with Crippen LogP contribution in [0, 0.1) is 0 Å². The average Bonchev–Trinajstić information content (AvgIpc) is 2.60. The third-order valence-corrected chi connectivity index (χ3v) is 4.36. The number of nitrogens with one attached hydrogen (secondary N) is 1. The van der Waals surface area contributed by atoms with Crippen LogP contribution in [-0.2, 0) is 6.42 Å². The van der Waals surface area contributed by atoms with Crippen molar-refractivity contribution >= 4 is 22.5 Å². The molecular weight excluding hydrogens is 302 g/mol. The molecular formula is C24H29N. The molecule has 1 nitrogen and oxygen atoms in total. The van der Waals surface area contributed by atoms with Crippen LogP contribution in [0.25, 0.3) is 16.8 Å². The molecule has 0 aliphatic heterocycles. The lowest BCUT2D eigenvalue weighted by molar-refractivity contribution is 0.795. The van der Waals surface area contributed by atoms with Crippen LogP contribution in [0.15, 0.2) is 62.2 Å². The summed E-state index contributed by atoms with van der Waals surface area (Å²) in [6.45, 7) is 18.8. The van der Waals surface area contributed by atoms with E-state index in [1.54, 1.807) is 0 Å². The van der Waals surface area contributed by atoms with Gasteiger partial charge in [-0.05, 0) is 55.5 Å². The van der Waals surface area contributed by atoms with Gasteiger partial charge in [-0.2, -0.15) is 0 Å². The topological polar surface area (TPSA) is 12.0 Å². The normalized spacial score (nSPS) is 10.4. The van der Waals surface area contributed by atoms with Crippen LogP contribution < -0.4 is 5.32 Å². The average molecular weight is 332 g/mol. The lowest BCUT2D eigenvalue weighted by Crippen LogP contribution is -2.03. The molecule has 0 bridgehead atoms. The molecule has 0 atom stereocenters. The standard InChI is InChI=1S/C24H29N/c1-7-8-11-20-14-15-24(23(16-20)18(4)5)25-19(6)22-13-10-9-12-21(22)17(2)3/h9-10,12-16,25H,2,4,6-8,11H2,1,3,5H3. The summed E-state index contributed by atoms with van der Waals surface area (Å²) < 4.78 is 0. The number of aryl methyl sites for hydroxylation is 1. The molecule has 2 aromatic rings. The first kappa shape index (κ1) is 18.8. The maximum atomic E-state index is 4.25. The van der Waals surface area contributed by atoms with Gasteiger partial charge >= 0.3 is 0 Å². The van der Waals surface area contributed by atoms with Gasteiger partial charge in [-0.1, -0.05) is 69.0 Å². The summed E-state index contributed by atoms with van der Waals surface area (Å²) >= 11 is 0. The molecule has 0 heterocycles. The quantitative estimate of drug-likeness (QED) is 0.540. The SMILES string of the molecule is C=C(C)c1cc(CCCC)ccc1NC(=C)c1ccccc1C(=C)C. The van der Waals surface area contributed by atoms with E-state index >= 15 is 0 Å². The number of allylic oxidation sites excluding steroid dienone is 2. The van der Waals surface area contributed by atoms with Gasteiger partial charge in [-0.15, -0.1) is 0 Å². The fourth-order valence-electron chi connectivity index (χ4n) is 2.94. The van der Waals surface area contributed by atoms with Crippen LogP contribution in [-0.4, -0.2) is 0 Å². The van der Waals surface area contributed by atoms with Crippen molar-refractivity contribution < 1.29 is 0 Å². The minimum absolute atomic E-state index is 0.877. The summed E-state index contributed by atoms with van der Waals surface area (Å²) in [5.74, 6) is 0. The summed E-state index contributed by atoms with van der Waals surface area (Å²) in [7, 11) is 0. The molecule has 0 radical (unpaired) electrons. The second kappa shape index (κ2) is 8.53. The van der Waals surface area contributed by atoms with Crippen molar-refractivity contribution in [3.8, 4) is 0 Å². The van der Waals surface area contributed by atoms with E-state index in [2.05, 4.69) is 69.2 Å². The number of benzene rings is 2. The van der Waals surface area contributed by atoms with E-state index < -0.39 is 0 Å². The minimum Gasteiger partial charge on any atom is -0.355 e. The zero-order valence-electron chi connectivity index (χ0n) is 15.8. The van der Waals surface area contributed by atoms with Crippen LogP contribution in [0.3, 0.4) is 0 Å². The molecule has 25 heavy (non-hydrogen) atoms. The van der Waals surface area contributed by atoms with Crippen LogP contribution in [0.2, 0.25) is 0 Å². The molecule has 0 unspecified atom stereocenters. The summed E-state index contributed by atoms with van der Waals surface area (Å²) in [4.78, 5) is 0. The Balaban J connectivity index is 2.32. The fourth-order valence-corrected chi connectivity index (χ4v) is 2.94. The number of hydrogen-bond acceptors (Lipinski definition) is 1. The highest BCUT2D eigenvalue weighted by Crippen LogP contribution is 2.29. The van der Waals surface area contributed by atoms with Crippen LogP contribution in [0.1, 0.15) is 55.9 Å². The van der Waals surface area contributed by atoms with E-state index in [-0.39, 0.29) is 0 Å². The molecule has 1 heteroatoms. The molecule has 0 aliphatic rings. The smallest absolute Gasteiger partial charge is 0.0460 e. The first-order valence-electron chi connectivity index (χ1n) is 8.94. The first-order valence-corrected chi connectivity index (χ1v) is 8.94. The van der Waals surface area contributed by atoms with Crippen molar-refractivity contribution in [3.63, 3.8) is 0 Å². The molecule has 0 saturated carbocycles. The molecule has 0 aliphatic carbocycles. The minimum atomic E-state index is 0.877. The monoisotopic (exact) mass is 331 g/mol. The van der Waals surface area contributed by atoms with Crippen molar-refractivity contribution in [1.29, 1.82) is 0 Å². The third kappa shape index (κ3) is 4.73. The molecule has 130 valence electrons. The second-order valence-electron chi connectivity index (χ2n) is 6.69. The number of rotatable bonds is 8. The molecule has 2 rings (SSSR count). The van der Waals surface area contributed by atoms with E-state index in [9.17, 15) is 0 Å². The predicted octanol–water partition coefficient (Wildman–Crippen LogP) is 7.18. The van der Waals surface area contributed by atoms with Crippen LogP contribution in [0.4, 0.5) is 5.69 Å². The largest absolute Gasteiger partial charge is 0.355 e. The molecule has 0 amide bonds. The molecule has 0 spiro atoms. The summed E-state index contributed by atoms with van der Waals surface area (Å²) in [5, 5.41) is 3.49. The molecule has 0 fully saturated rings. The number of unbranched alkanes of at least 4 members (excludes halogenated alkanes) is 1. The maximum Gasteiger partial charge on any atom is 0.0460 e. The third-order valence-electron chi connectivity index (χ3n) is 4.36. The first-order chi connectivity index (χ1) is 11.9. The Morgan fingerprint density at radius 2 is 1.52 bits per heavy atom. The Labute approximate surface area is 152 Å². The Hall–Kier alpha value is -2.54. The van der Waals surface area contributed by atoms with Gasteiger partial charge in [0.2, 0.25) is 0 Å². The van der Waals surface area contributed by atoms with Crippen molar-refractivity contribution in [1.82, 2.24) is 0 Å². The molecule has 0 saturated heterocycles. The van der Waals surface area contributed by atoms with E-state index in [0.29, 0.717) is 0 Å². The summed E-state index contributed by atoms with van der Waals surface area (Å²) in [6, 6.07) is 14.8. The highest BCUT2D eigenvalue weighted by atomic mass is 14.9. The van der Waals surface area contributed by atoms with Crippen molar-refractivity contribution in [2.75, 3.05) is 5.32 Å². The van der Waals surface area contributed by atoms with E-state index in [1.807, 2.05) is 19.1 Å². The lowest BCUT2D eigenvalue weighted by Gasteiger charge is -2.18. The van der Waals surface area contributed by atoms with Gasteiger partial charge in [0.15, 0.2) is 0 Å². The zero-order chi connectivity index (χ0) is 18.4. The number of hydrogen-bond donors (Lipinski definition) is 1. The van der Waals surface area contributed by atoms with E-state index in [4.69, 9.17) is 0 Å². The summed E-state index contributed by atoms with van der Waals surface area (Å²) in [6.07, 6.45) is 3.52. The highest BCUT2D eigenvalue weighted by Gasteiger charge is 2.10. The van der Waals surface area contributed by atoms with E-state index in [0.717, 1.165) is 45.6 Å². The lowest BCUT2D eigenvalue weighted by atomic mass is 9.98. The van der Waals surface area contributed by atoms with Gasteiger partial charge in [0.25, 0.3) is 0 Å². The van der Waals surface area contributed by atoms with Crippen molar-refractivity contribution in [3.05, 3.63) is 84.5 Å². The van der Waals surface area contributed by atoms with Gasteiger partial charge in [0, 0.05) is 22.5 Å². The van der Waals surface area contributed by atoms with Crippen molar-refractivity contribution in [2.24, 2.45) is 0 Å².